The highest BCUT2D eigenvalue weighted by atomic mass is 16.5. The van der Waals surface area contributed by atoms with E-state index < -0.39 is 0 Å². The summed E-state index contributed by atoms with van der Waals surface area (Å²) in [7, 11) is 1.73. The maximum Gasteiger partial charge on any atom is 0.157 e. The monoisotopic (exact) mass is 279 g/mol. The third-order valence-electron chi connectivity index (χ3n) is 3.49. The van der Waals surface area contributed by atoms with Crippen LogP contribution in [0.3, 0.4) is 0 Å². The van der Waals surface area contributed by atoms with Gasteiger partial charge in [0.15, 0.2) is 5.82 Å². The van der Waals surface area contributed by atoms with Gasteiger partial charge in [-0.3, -0.25) is 0 Å². The summed E-state index contributed by atoms with van der Waals surface area (Å²) in [6.07, 6.45) is 3.02. The number of ether oxygens (including phenoxy) is 1. The summed E-state index contributed by atoms with van der Waals surface area (Å²) in [4.78, 5) is 9.32. The Morgan fingerprint density at radius 1 is 1.15 bits per heavy atom. The summed E-state index contributed by atoms with van der Waals surface area (Å²) in [6, 6.07) is 0.512. The molecule has 1 rings (SSSR count). The standard InChI is InChI=1S/C16H29N3O/c1-7-8-15(20-6)16-18-12(4)14(13(5)19-16)9-10-17-11(2)3/h11,15,17H,7-10H2,1-6H3. The predicted molar refractivity (Wildman–Crippen MR) is 83.0 cm³/mol. The molecule has 0 fully saturated rings. The number of methoxy groups -OCH3 is 1. The molecule has 0 saturated carbocycles. The van der Waals surface area contributed by atoms with Gasteiger partial charge in [-0.15, -0.1) is 0 Å². The SMILES string of the molecule is CCCC(OC)c1nc(C)c(CCNC(C)C)c(C)n1. The molecular weight excluding hydrogens is 250 g/mol. The minimum Gasteiger partial charge on any atom is -0.373 e. The maximum absolute atomic E-state index is 5.50. The molecule has 1 heterocycles. The fraction of sp³-hybridized carbons (Fsp3) is 0.750. The van der Waals surface area contributed by atoms with Gasteiger partial charge >= 0.3 is 0 Å². The Bertz CT molecular complexity index is 395. The Morgan fingerprint density at radius 3 is 2.20 bits per heavy atom. The van der Waals surface area contributed by atoms with Crippen LogP contribution in [-0.4, -0.2) is 29.7 Å². The summed E-state index contributed by atoms with van der Waals surface area (Å²) < 4.78 is 5.50. The van der Waals surface area contributed by atoms with Crippen LogP contribution in [0.25, 0.3) is 0 Å². The summed E-state index contributed by atoms with van der Waals surface area (Å²) in [5.41, 5.74) is 3.42. The Balaban J connectivity index is 2.85. The third-order valence-corrected chi connectivity index (χ3v) is 3.49. The molecular formula is C16H29N3O. The molecule has 0 aliphatic rings. The molecule has 1 aromatic rings. The lowest BCUT2D eigenvalue weighted by Gasteiger charge is -2.17. The van der Waals surface area contributed by atoms with Gasteiger partial charge in [0.25, 0.3) is 0 Å². The molecule has 0 saturated heterocycles. The highest BCUT2D eigenvalue weighted by Gasteiger charge is 2.16. The second-order valence-corrected chi connectivity index (χ2v) is 5.60. The zero-order valence-electron chi connectivity index (χ0n) is 13.8. The first-order valence-electron chi connectivity index (χ1n) is 7.59. The van der Waals surface area contributed by atoms with E-state index in [0.717, 1.165) is 43.0 Å². The highest BCUT2D eigenvalue weighted by molar-refractivity contribution is 5.25. The number of nitrogens with zero attached hydrogens (tertiary/aromatic N) is 2. The van der Waals surface area contributed by atoms with Crippen molar-refractivity contribution < 1.29 is 4.74 Å². The summed E-state index contributed by atoms with van der Waals surface area (Å²) in [5, 5.41) is 3.44. The Morgan fingerprint density at radius 2 is 1.75 bits per heavy atom. The average Bonchev–Trinajstić information content (AvgIpc) is 2.38. The average molecular weight is 279 g/mol. The second kappa shape index (κ2) is 8.32. The number of aryl methyl sites for hydroxylation is 2. The van der Waals surface area contributed by atoms with Crippen LogP contribution >= 0.6 is 0 Å². The van der Waals surface area contributed by atoms with Gasteiger partial charge in [-0.2, -0.15) is 0 Å². The van der Waals surface area contributed by atoms with E-state index in [9.17, 15) is 0 Å². The molecule has 4 nitrogen and oxygen atoms in total. The summed E-state index contributed by atoms with van der Waals surface area (Å²) >= 11 is 0. The molecule has 0 spiro atoms. The van der Waals surface area contributed by atoms with Gasteiger partial charge in [-0.1, -0.05) is 27.2 Å². The molecule has 1 aromatic heterocycles. The van der Waals surface area contributed by atoms with E-state index in [1.54, 1.807) is 7.11 Å². The first kappa shape index (κ1) is 17.1. The van der Waals surface area contributed by atoms with Crippen LogP contribution in [0.4, 0.5) is 0 Å². The maximum atomic E-state index is 5.50. The van der Waals surface area contributed by atoms with Crippen molar-refractivity contribution in [2.45, 2.75) is 66.0 Å². The zero-order valence-corrected chi connectivity index (χ0v) is 13.8. The molecule has 1 atom stereocenters. The number of hydrogen-bond donors (Lipinski definition) is 1. The topological polar surface area (TPSA) is 47.0 Å². The van der Waals surface area contributed by atoms with E-state index in [2.05, 4.69) is 49.9 Å². The van der Waals surface area contributed by atoms with Crippen molar-refractivity contribution in [1.29, 1.82) is 0 Å². The van der Waals surface area contributed by atoms with Crippen molar-refractivity contribution in [2.75, 3.05) is 13.7 Å². The smallest absolute Gasteiger partial charge is 0.157 e. The third kappa shape index (κ3) is 4.84. The fourth-order valence-corrected chi connectivity index (χ4v) is 2.37. The summed E-state index contributed by atoms with van der Waals surface area (Å²) in [5.74, 6) is 0.824. The molecule has 20 heavy (non-hydrogen) atoms. The normalized spacial score (nSPS) is 12.9. The molecule has 0 bridgehead atoms. The molecule has 0 amide bonds. The van der Waals surface area contributed by atoms with Gasteiger partial charge in [-0.05, 0) is 38.8 Å². The minimum atomic E-state index is 0.0141. The van der Waals surface area contributed by atoms with Crippen LogP contribution < -0.4 is 5.32 Å². The second-order valence-electron chi connectivity index (χ2n) is 5.60. The number of rotatable bonds is 8. The number of hydrogen-bond acceptors (Lipinski definition) is 4. The van der Waals surface area contributed by atoms with E-state index in [-0.39, 0.29) is 6.10 Å². The largest absolute Gasteiger partial charge is 0.373 e. The Hall–Kier alpha value is -1.00. The Labute approximate surface area is 123 Å². The van der Waals surface area contributed by atoms with E-state index in [1.807, 2.05) is 0 Å². The number of nitrogens with one attached hydrogen (secondary N) is 1. The van der Waals surface area contributed by atoms with Gasteiger partial charge in [-0.25, -0.2) is 9.97 Å². The van der Waals surface area contributed by atoms with E-state index in [1.165, 1.54) is 5.56 Å². The van der Waals surface area contributed by atoms with Crippen molar-refractivity contribution in [2.24, 2.45) is 0 Å². The lowest BCUT2D eigenvalue weighted by molar-refractivity contribution is 0.0872. The lowest BCUT2D eigenvalue weighted by Crippen LogP contribution is -2.25. The first-order valence-corrected chi connectivity index (χ1v) is 7.59. The van der Waals surface area contributed by atoms with Gasteiger partial charge in [0.2, 0.25) is 0 Å². The molecule has 1 unspecified atom stereocenters. The summed E-state index contributed by atoms with van der Waals surface area (Å²) in [6.45, 7) is 11.6. The van der Waals surface area contributed by atoms with E-state index in [4.69, 9.17) is 4.74 Å². The fourth-order valence-electron chi connectivity index (χ4n) is 2.37. The van der Waals surface area contributed by atoms with Crippen LogP contribution in [-0.2, 0) is 11.2 Å². The lowest BCUT2D eigenvalue weighted by atomic mass is 10.1. The quantitative estimate of drug-likeness (QED) is 0.794. The van der Waals surface area contributed by atoms with Gasteiger partial charge in [0.1, 0.15) is 6.10 Å². The highest BCUT2D eigenvalue weighted by Crippen LogP contribution is 2.21. The minimum absolute atomic E-state index is 0.0141. The van der Waals surface area contributed by atoms with Gasteiger partial charge in [0, 0.05) is 24.5 Å². The molecule has 114 valence electrons. The van der Waals surface area contributed by atoms with Crippen molar-refractivity contribution >= 4 is 0 Å². The molecule has 1 N–H and O–H groups in total. The van der Waals surface area contributed by atoms with Crippen molar-refractivity contribution in [3.63, 3.8) is 0 Å². The van der Waals surface area contributed by atoms with Crippen LogP contribution in [0, 0.1) is 13.8 Å². The van der Waals surface area contributed by atoms with Crippen molar-refractivity contribution in [3.05, 3.63) is 22.8 Å². The van der Waals surface area contributed by atoms with Crippen LogP contribution in [0.15, 0.2) is 0 Å². The molecule has 4 heteroatoms. The van der Waals surface area contributed by atoms with Crippen LogP contribution in [0.5, 0.6) is 0 Å². The van der Waals surface area contributed by atoms with Crippen LogP contribution in [0.1, 0.15) is 62.5 Å². The van der Waals surface area contributed by atoms with Gasteiger partial charge < -0.3 is 10.1 Å². The van der Waals surface area contributed by atoms with E-state index in [0.29, 0.717) is 6.04 Å². The molecule has 0 aliphatic heterocycles. The Kier molecular flexibility index (Phi) is 7.10. The predicted octanol–water partition coefficient (Wildman–Crippen LogP) is 3.12. The number of aromatic nitrogens is 2. The molecule has 0 aromatic carbocycles. The van der Waals surface area contributed by atoms with Crippen molar-refractivity contribution in [1.82, 2.24) is 15.3 Å². The molecule has 0 aliphatic carbocycles. The van der Waals surface area contributed by atoms with Crippen molar-refractivity contribution in [3.8, 4) is 0 Å². The van der Waals surface area contributed by atoms with Crippen LogP contribution in [0.2, 0.25) is 0 Å². The van der Waals surface area contributed by atoms with E-state index >= 15 is 0 Å². The molecule has 0 radical (unpaired) electrons. The first-order chi connectivity index (χ1) is 9.49. The zero-order chi connectivity index (χ0) is 15.1. The van der Waals surface area contributed by atoms with Gasteiger partial charge in [0.05, 0.1) is 0 Å².